The van der Waals surface area contributed by atoms with Gasteiger partial charge in [-0.3, -0.25) is 4.79 Å². The van der Waals surface area contributed by atoms with Crippen LogP contribution in [0.1, 0.15) is 51.4 Å². The Morgan fingerprint density at radius 1 is 1.18 bits per heavy atom. The molecule has 0 saturated carbocycles. The van der Waals surface area contributed by atoms with Crippen LogP contribution in [-0.4, -0.2) is 40.9 Å². The Morgan fingerprint density at radius 3 is 2.76 bits per heavy atom. The van der Waals surface area contributed by atoms with Crippen molar-refractivity contribution in [3.63, 3.8) is 0 Å². The number of rotatable bonds is 9. The van der Waals surface area contributed by atoms with Gasteiger partial charge in [-0.15, -0.1) is 11.3 Å². The SMILES string of the molecule is Cc1cc(C(=O)CO/N=C(/N)c2cccnc2N2CCCCC2)c(C)n1CCc1cccs1. The van der Waals surface area contributed by atoms with E-state index in [2.05, 4.69) is 37.1 Å². The van der Waals surface area contributed by atoms with Crippen LogP contribution in [0.15, 0.2) is 47.1 Å². The topological polar surface area (TPSA) is 85.7 Å². The Kier molecular flexibility index (Phi) is 7.44. The summed E-state index contributed by atoms with van der Waals surface area (Å²) in [5, 5.41) is 6.13. The van der Waals surface area contributed by atoms with Crippen LogP contribution in [-0.2, 0) is 17.8 Å². The minimum absolute atomic E-state index is 0.107. The lowest BCUT2D eigenvalue weighted by atomic mass is 10.1. The number of pyridine rings is 1. The van der Waals surface area contributed by atoms with E-state index in [-0.39, 0.29) is 18.2 Å². The highest BCUT2D eigenvalue weighted by atomic mass is 32.1. The molecule has 0 spiro atoms. The molecule has 0 radical (unpaired) electrons. The second-order valence-electron chi connectivity index (χ2n) is 8.36. The second kappa shape index (κ2) is 10.7. The Balaban J connectivity index is 1.40. The number of nitrogens with zero attached hydrogens (tertiary/aromatic N) is 4. The number of aromatic nitrogens is 2. The number of hydrogen-bond acceptors (Lipinski definition) is 6. The number of aryl methyl sites for hydroxylation is 2. The van der Waals surface area contributed by atoms with Crippen molar-refractivity contribution in [3.8, 4) is 0 Å². The maximum atomic E-state index is 12.8. The maximum Gasteiger partial charge on any atom is 0.204 e. The average Bonchev–Trinajstić information content (AvgIpc) is 3.46. The summed E-state index contributed by atoms with van der Waals surface area (Å²) in [4.78, 5) is 26.3. The van der Waals surface area contributed by atoms with E-state index < -0.39 is 0 Å². The van der Waals surface area contributed by atoms with E-state index in [1.54, 1.807) is 17.5 Å². The molecule has 1 aliphatic heterocycles. The molecule has 174 valence electrons. The first-order valence-electron chi connectivity index (χ1n) is 11.4. The first-order valence-corrected chi connectivity index (χ1v) is 12.3. The Morgan fingerprint density at radius 2 is 2.00 bits per heavy atom. The molecular formula is C25H31N5O2S. The van der Waals surface area contributed by atoms with Gasteiger partial charge in [0.25, 0.3) is 0 Å². The summed E-state index contributed by atoms with van der Waals surface area (Å²) in [7, 11) is 0. The van der Waals surface area contributed by atoms with Crippen LogP contribution >= 0.6 is 11.3 Å². The van der Waals surface area contributed by atoms with Gasteiger partial charge in [-0.1, -0.05) is 11.2 Å². The number of hydrogen-bond donors (Lipinski definition) is 1. The minimum Gasteiger partial charge on any atom is -0.386 e. The number of thiophene rings is 1. The third-order valence-corrected chi connectivity index (χ3v) is 7.05. The van der Waals surface area contributed by atoms with Gasteiger partial charge >= 0.3 is 0 Å². The molecule has 0 bridgehead atoms. The normalized spacial score (nSPS) is 14.5. The summed E-state index contributed by atoms with van der Waals surface area (Å²) in [6.45, 7) is 6.61. The number of carbonyl (C=O) groups is 1. The molecule has 0 aliphatic carbocycles. The first kappa shape index (κ1) is 23.0. The molecule has 1 saturated heterocycles. The van der Waals surface area contributed by atoms with Crippen molar-refractivity contribution in [2.24, 2.45) is 10.9 Å². The number of oxime groups is 1. The number of anilines is 1. The van der Waals surface area contributed by atoms with Crippen LogP contribution in [0, 0.1) is 13.8 Å². The summed E-state index contributed by atoms with van der Waals surface area (Å²) in [5.74, 6) is 0.949. The summed E-state index contributed by atoms with van der Waals surface area (Å²) in [6, 6.07) is 9.86. The summed E-state index contributed by atoms with van der Waals surface area (Å²) >= 11 is 1.75. The van der Waals surface area contributed by atoms with Gasteiger partial charge in [0.1, 0.15) is 5.82 Å². The van der Waals surface area contributed by atoms with E-state index in [0.29, 0.717) is 5.56 Å². The summed E-state index contributed by atoms with van der Waals surface area (Å²) in [5.41, 5.74) is 9.64. The Hall–Kier alpha value is -3.13. The lowest BCUT2D eigenvalue weighted by molar-refractivity contribution is 0.0775. The third-order valence-electron chi connectivity index (χ3n) is 6.11. The zero-order valence-corrected chi connectivity index (χ0v) is 20.1. The molecule has 1 aliphatic rings. The molecule has 4 heterocycles. The molecule has 2 N–H and O–H groups in total. The predicted octanol–water partition coefficient (Wildman–Crippen LogP) is 4.31. The van der Waals surface area contributed by atoms with Crippen LogP contribution in [0.3, 0.4) is 0 Å². The van der Waals surface area contributed by atoms with Crippen molar-refractivity contribution in [2.75, 3.05) is 24.6 Å². The molecule has 8 heteroatoms. The molecule has 0 atom stereocenters. The van der Waals surface area contributed by atoms with Gasteiger partial charge in [0.15, 0.2) is 12.4 Å². The maximum absolute atomic E-state index is 12.8. The fourth-order valence-electron chi connectivity index (χ4n) is 4.35. The van der Waals surface area contributed by atoms with Gasteiger partial charge in [0.05, 0.1) is 5.56 Å². The van der Waals surface area contributed by atoms with E-state index in [9.17, 15) is 4.79 Å². The zero-order chi connectivity index (χ0) is 23.2. The molecule has 3 aromatic heterocycles. The zero-order valence-electron chi connectivity index (χ0n) is 19.3. The molecule has 33 heavy (non-hydrogen) atoms. The van der Waals surface area contributed by atoms with Gasteiger partial charge < -0.3 is 20.0 Å². The standard InChI is InChI=1S/C25H31N5O2S/c1-18-16-22(19(2)30(18)14-10-20-8-7-15-33-20)23(31)17-32-28-24(26)21-9-6-11-27-25(21)29-12-4-3-5-13-29/h6-9,11,15-16H,3-5,10,12-14,17H2,1-2H3,(H2,26,28). The van der Waals surface area contributed by atoms with Gasteiger partial charge in [-0.05, 0) is 69.2 Å². The van der Waals surface area contributed by atoms with Gasteiger partial charge in [-0.25, -0.2) is 4.98 Å². The van der Waals surface area contributed by atoms with Crippen LogP contribution in [0.5, 0.6) is 0 Å². The highest BCUT2D eigenvalue weighted by Crippen LogP contribution is 2.22. The number of Topliss-reactive ketones (excluding diaryl/α,β-unsaturated/α-hetero) is 1. The molecule has 4 rings (SSSR count). The monoisotopic (exact) mass is 465 g/mol. The largest absolute Gasteiger partial charge is 0.386 e. The van der Waals surface area contributed by atoms with Crippen LogP contribution in [0.2, 0.25) is 0 Å². The summed E-state index contributed by atoms with van der Waals surface area (Å²) in [6.07, 6.45) is 6.23. The van der Waals surface area contributed by atoms with Gasteiger partial charge in [-0.2, -0.15) is 0 Å². The van der Waals surface area contributed by atoms with Crippen molar-refractivity contribution in [1.29, 1.82) is 0 Å². The molecule has 0 aromatic carbocycles. The fraction of sp³-hybridized carbons (Fsp3) is 0.400. The number of ketones is 1. The molecular weight excluding hydrogens is 434 g/mol. The molecule has 0 unspecified atom stereocenters. The fourth-order valence-corrected chi connectivity index (χ4v) is 5.04. The highest BCUT2D eigenvalue weighted by molar-refractivity contribution is 7.09. The van der Waals surface area contributed by atoms with Crippen LogP contribution in [0.4, 0.5) is 5.82 Å². The van der Waals surface area contributed by atoms with Crippen molar-refractivity contribution >= 4 is 28.8 Å². The molecule has 1 fully saturated rings. The van der Waals surface area contributed by atoms with E-state index in [4.69, 9.17) is 10.6 Å². The second-order valence-corrected chi connectivity index (χ2v) is 9.39. The van der Waals surface area contributed by atoms with Crippen molar-refractivity contribution in [1.82, 2.24) is 9.55 Å². The highest BCUT2D eigenvalue weighted by Gasteiger charge is 2.19. The van der Waals surface area contributed by atoms with Crippen LogP contribution in [0.25, 0.3) is 0 Å². The lowest BCUT2D eigenvalue weighted by Gasteiger charge is -2.29. The Bertz CT molecular complexity index is 1110. The lowest BCUT2D eigenvalue weighted by Crippen LogP contribution is -2.32. The quantitative estimate of drug-likeness (QED) is 0.220. The number of nitrogens with two attached hydrogens (primary N) is 1. The number of amidine groups is 1. The van der Waals surface area contributed by atoms with Crippen molar-refractivity contribution in [3.05, 3.63) is 69.3 Å². The Labute approximate surface area is 198 Å². The first-order chi connectivity index (χ1) is 16.0. The minimum atomic E-state index is -0.158. The average molecular weight is 466 g/mol. The van der Waals surface area contributed by atoms with Crippen molar-refractivity contribution in [2.45, 2.75) is 46.1 Å². The molecule has 0 amide bonds. The molecule has 3 aromatic rings. The number of carbonyl (C=O) groups excluding carboxylic acids is 1. The van der Waals surface area contributed by atoms with Gasteiger partial charge in [0.2, 0.25) is 5.78 Å². The van der Waals surface area contributed by atoms with Gasteiger partial charge in [0, 0.05) is 47.7 Å². The summed E-state index contributed by atoms with van der Waals surface area (Å²) < 4.78 is 2.19. The third kappa shape index (κ3) is 5.45. The van der Waals surface area contributed by atoms with E-state index in [0.717, 1.165) is 61.7 Å². The van der Waals surface area contributed by atoms with E-state index in [1.807, 2.05) is 32.0 Å². The van der Waals surface area contributed by atoms with Crippen LogP contribution < -0.4 is 10.6 Å². The van der Waals surface area contributed by atoms with E-state index >= 15 is 0 Å². The van der Waals surface area contributed by atoms with Crippen molar-refractivity contribution < 1.29 is 9.63 Å². The predicted molar refractivity (Wildman–Crippen MR) is 133 cm³/mol. The molecule has 7 nitrogen and oxygen atoms in total. The number of piperidine rings is 1. The smallest absolute Gasteiger partial charge is 0.204 e. The van der Waals surface area contributed by atoms with E-state index in [1.165, 1.54) is 11.3 Å².